The first-order valence-electron chi connectivity index (χ1n) is 4.68. The van der Waals surface area contributed by atoms with Crippen LogP contribution in [0.2, 0.25) is 0 Å². The number of aliphatic hydroxyl groups excluding tert-OH is 1. The number of carbonyl (C=O) groups is 1. The summed E-state index contributed by atoms with van der Waals surface area (Å²) < 4.78 is 0. The number of rotatable bonds is 0. The van der Waals surface area contributed by atoms with Crippen molar-refractivity contribution in [2.45, 2.75) is 33.3 Å². The van der Waals surface area contributed by atoms with Gasteiger partial charge in [-0.25, -0.2) is 0 Å². The highest BCUT2D eigenvalue weighted by Gasteiger charge is 2.60. The van der Waals surface area contributed by atoms with Crippen molar-refractivity contribution >= 4 is 5.78 Å². The van der Waals surface area contributed by atoms with Crippen LogP contribution in [-0.2, 0) is 4.79 Å². The minimum Gasteiger partial charge on any atom is -0.385 e. The van der Waals surface area contributed by atoms with Gasteiger partial charge in [-0.3, -0.25) is 4.79 Å². The topological polar surface area (TPSA) is 37.3 Å². The first-order chi connectivity index (χ1) is 5.46. The molecule has 0 heterocycles. The Balaban J connectivity index is 2.30. The predicted molar refractivity (Wildman–Crippen MR) is 45.6 cm³/mol. The molecular formula is C10H16O2. The van der Waals surface area contributed by atoms with Crippen molar-refractivity contribution in [3.8, 4) is 0 Å². The van der Waals surface area contributed by atoms with Crippen LogP contribution < -0.4 is 0 Å². The van der Waals surface area contributed by atoms with Gasteiger partial charge < -0.3 is 5.11 Å². The van der Waals surface area contributed by atoms with Crippen LogP contribution in [0.25, 0.3) is 0 Å². The molecule has 2 nitrogen and oxygen atoms in total. The van der Waals surface area contributed by atoms with E-state index in [9.17, 15) is 9.90 Å². The number of hydrogen-bond acceptors (Lipinski definition) is 2. The summed E-state index contributed by atoms with van der Waals surface area (Å²) in [6.07, 6.45) is 0.362. The molecule has 4 atom stereocenters. The summed E-state index contributed by atoms with van der Waals surface area (Å²) in [7, 11) is 0. The van der Waals surface area contributed by atoms with Crippen LogP contribution in [0, 0.1) is 23.2 Å². The van der Waals surface area contributed by atoms with Gasteiger partial charge in [-0.1, -0.05) is 20.8 Å². The quantitative estimate of drug-likeness (QED) is 0.590. The van der Waals surface area contributed by atoms with Gasteiger partial charge in [0, 0.05) is 5.92 Å². The SMILES string of the molecule is C[C@@H]1C(=O)[C@@H](O)[C@H]2C[C@@H]1C2(C)C. The van der Waals surface area contributed by atoms with E-state index in [0.717, 1.165) is 6.42 Å². The second-order valence-corrected chi connectivity index (χ2v) is 4.91. The van der Waals surface area contributed by atoms with Crippen LogP contribution >= 0.6 is 0 Å². The summed E-state index contributed by atoms with van der Waals surface area (Å²) in [6.45, 7) is 6.28. The van der Waals surface area contributed by atoms with E-state index in [4.69, 9.17) is 0 Å². The smallest absolute Gasteiger partial charge is 0.164 e. The van der Waals surface area contributed by atoms with Gasteiger partial charge in [0.2, 0.25) is 0 Å². The molecule has 0 aromatic heterocycles. The molecule has 2 heteroatoms. The summed E-state index contributed by atoms with van der Waals surface area (Å²) in [5.74, 6) is 0.875. The van der Waals surface area contributed by atoms with Gasteiger partial charge in [0.05, 0.1) is 0 Å². The normalized spacial score (nSPS) is 50.2. The van der Waals surface area contributed by atoms with Crippen LogP contribution in [0.1, 0.15) is 27.2 Å². The molecule has 1 N–H and O–H groups in total. The van der Waals surface area contributed by atoms with Crippen LogP contribution in [0.3, 0.4) is 0 Å². The molecule has 0 radical (unpaired) electrons. The van der Waals surface area contributed by atoms with Crippen molar-refractivity contribution in [2.75, 3.05) is 0 Å². The van der Waals surface area contributed by atoms with E-state index in [-0.39, 0.29) is 23.0 Å². The molecule has 3 rings (SSSR count). The first kappa shape index (κ1) is 8.24. The van der Waals surface area contributed by atoms with Gasteiger partial charge in [-0.15, -0.1) is 0 Å². The van der Waals surface area contributed by atoms with Crippen molar-refractivity contribution in [1.82, 2.24) is 0 Å². The number of hydrogen-bond donors (Lipinski definition) is 1. The third kappa shape index (κ3) is 0.717. The Kier molecular flexibility index (Phi) is 1.45. The second kappa shape index (κ2) is 2.11. The lowest BCUT2D eigenvalue weighted by atomic mass is 9.44. The maximum Gasteiger partial charge on any atom is 0.164 e. The van der Waals surface area contributed by atoms with Crippen LogP contribution in [0.5, 0.6) is 0 Å². The Morgan fingerprint density at radius 1 is 1.42 bits per heavy atom. The van der Waals surface area contributed by atoms with Crippen molar-refractivity contribution in [3.63, 3.8) is 0 Å². The van der Waals surface area contributed by atoms with Gasteiger partial charge in [0.15, 0.2) is 5.78 Å². The van der Waals surface area contributed by atoms with E-state index in [1.807, 2.05) is 6.92 Å². The van der Waals surface area contributed by atoms with E-state index in [0.29, 0.717) is 5.92 Å². The molecule has 0 spiro atoms. The maximum absolute atomic E-state index is 11.4. The number of aliphatic hydroxyl groups is 1. The van der Waals surface area contributed by atoms with E-state index in [2.05, 4.69) is 13.8 Å². The predicted octanol–water partition coefficient (Wildman–Crippen LogP) is 1.23. The molecule has 68 valence electrons. The summed E-state index contributed by atoms with van der Waals surface area (Å²) in [5.41, 5.74) is 0.187. The van der Waals surface area contributed by atoms with Crippen LogP contribution in [0.4, 0.5) is 0 Å². The lowest BCUT2D eigenvalue weighted by Gasteiger charge is -2.60. The molecule has 0 aromatic carbocycles. The van der Waals surface area contributed by atoms with Crippen molar-refractivity contribution in [3.05, 3.63) is 0 Å². The number of ketones is 1. The molecule has 0 amide bonds. The largest absolute Gasteiger partial charge is 0.385 e. The lowest BCUT2D eigenvalue weighted by Crippen LogP contribution is -2.62. The highest BCUT2D eigenvalue weighted by Crippen LogP contribution is 2.59. The molecule has 0 aliphatic heterocycles. The zero-order valence-corrected chi connectivity index (χ0v) is 7.87. The van der Waals surface area contributed by atoms with E-state index < -0.39 is 6.10 Å². The average Bonchev–Trinajstić information content (AvgIpc) is 1.98. The molecule has 3 fully saturated rings. The molecular weight excluding hydrogens is 152 g/mol. The molecule has 2 bridgehead atoms. The molecule has 0 aromatic rings. The van der Waals surface area contributed by atoms with Crippen LogP contribution in [0.15, 0.2) is 0 Å². The van der Waals surface area contributed by atoms with E-state index in [1.54, 1.807) is 0 Å². The minimum absolute atomic E-state index is 0.0653. The standard InChI is InChI=1S/C10H16O2/c1-5-6-4-7(10(6,2)3)9(12)8(5)11/h5-7,9,12H,4H2,1-3H3/t5-,6-,7+,9-/m0/s1. The molecule has 0 saturated heterocycles. The van der Waals surface area contributed by atoms with Gasteiger partial charge >= 0.3 is 0 Å². The Labute approximate surface area is 73.0 Å². The fraction of sp³-hybridized carbons (Fsp3) is 0.900. The first-order valence-corrected chi connectivity index (χ1v) is 4.68. The van der Waals surface area contributed by atoms with Crippen molar-refractivity contribution < 1.29 is 9.90 Å². The Morgan fingerprint density at radius 2 is 2.00 bits per heavy atom. The third-order valence-corrected chi connectivity index (χ3v) is 4.14. The van der Waals surface area contributed by atoms with Gasteiger partial charge in [0.25, 0.3) is 0 Å². The monoisotopic (exact) mass is 168 g/mol. The Hall–Kier alpha value is -0.370. The average molecular weight is 168 g/mol. The summed E-state index contributed by atoms with van der Waals surface area (Å²) in [6, 6.07) is 0. The van der Waals surface area contributed by atoms with Gasteiger partial charge in [0.1, 0.15) is 6.10 Å². The number of Topliss-reactive ketones (excluding diaryl/α,β-unsaturated/α-hetero) is 1. The number of fused-ring (bicyclic) bond motifs is 2. The lowest BCUT2D eigenvalue weighted by molar-refractivity contribution is -0.182. The maximum atomic E-state index is 11.4. The van der Waals surface area contributed by atoms with Crippen molar-refractivity contribution in [2.24, 2.45) is 23.2 Å². The minimum atomic E-state index is -0.681. The fourth-order valence-electron chi connectivity index (χ4n) is 3.05. The van der Waals surface area contributed by atoms with E-state index >= 15 is 0 Å². The van der Waals surface area contributed by atoms with Gasteiger partial charge in [-0.2, -0.15) is 0 Å². The van der Waals surface area contributed by atoms with Crippen LogP contribution in [-0.4, -0.2) is 17.0 Å². The molecule has 12 heavy (non-hydrogen) atoms. The molecule has 0 unspecified atom stereocenters. The Bertz CT molecular complexity index is 212. The van der Waals surface area contributed by atoms with E-state index in [1.165, 1.54) is 0 Å². The zero-order chi connectivity index (χ0) is 9.09. The molecule has 3 saturated carbocycles. The molecule has 3 aliphatic carbocycles. The zero-order valence-electron chi connectivity index (χ0n) is 7.87. The highest BCUT2D eigenvalue weighted by molar-refractivity contribution is 5.87. The Morgan fingerprint density at radius 3 is 2.42 bits per heavy atom. The summed E-state index contributed by atoms with van der Waals surface area (Å²) in [4.78, 5) is 11.4. The number of carbonyl (C=O) groups excluding carboxylic acids is 1. The van der Waals surface area contributed by atoms with Gasteiger partial charge in [-0.05, 0) is 23.7 Å². The van der Waals surface area contributed by atoms with Crippen molar-refractivity contribution in [1.29, 1.82) is 0 Å². The highest BCUT2D eigenvalue weighted by atomic mass is 16.3. The summed E-state index contributed by atoms with van der Waals surface area (Å²) in [5, 5.41) is 9.64. The third-order valence-electron chi connectivity index (χ3n) is 4.14. The molecule has 3 aliphatic rings. The summed E-state index contributed by atoms with van der Waals surface area (Å²) >= 11 is 0. The second-order valence-electron chi connectivity index (χ2n) is 4.91. The fourth-order valence-corrected chi connectivity index (χ4v) is 3.05.